The zero-order valence-electron chi connectivity index (χ0n) is 18.3. The van der Waals surface area contributed by atoms with Gasteiger partial charge in [-0.05, 0) is 59.7 Å². The number of hydroxylamine groups is 1. The van der Waals surface area contributed by atoms with E-state index in [1.165, 1.54) is 12.3 Å². The summed E-state index contributed by atoms with van der Waals surface area (Å²) in [6.45, 7) is 0.151. The van der Waals surface area contributed by atoms with Crippen LogP contribution in [0.25, 0.3) is 0 Å². The van der Waals surface area contributed by atoms with Crippen LogP contribution in [0, 0.1) is 5.21 Å². The molecule has 1 aliphatic carbocycles. The average Bonchev–Trinajstić information content (AvgIpc) is 3.31. The van der Waals surface area contributed by atoms with Crippen molar-refractivity contribution >= 4 is 11.7 Å². The molecule has 0 saturated heterocycles. The molecule has 0 radical (unpaired) electrons. The number of carbonyl (C=O) groups is 1. The molecule has 1 atom stereocenters. The van der Waals surface area contributed by atoms with Gasteiger partial charge in [-0.2, -0.15) is 4.74 Å². The summed E-state index contributed by atoms with van der Waals surface area (Å²) in [4.78, 5) is 11.2. The zero-order valence-corrected chi connectivity index (χ0v) is 18.3. The molecule has 1 heterocycles. The van der Waals surface area contributed by atoms with Crippen molar-refractivity contribution in [3.05, 3.63) is 76.6 Å². The van der Waals surface area contributed by atoms with Gasteiger partial charge < -0.3 is 19.8 Å². The normalized spacial score (nSPS) is 16.9. The lowest BCUT2D eigenvalue weighted by Gasteiger charge is -2.19. The predicted molar refractivity (Wildman–Crippen MR) is 118 cm³/mol. The van der Waals surface area contributed by atoms with Crippen molar-refractivity contribution < 1.29 is 37.3 Å². The molecule has 0 aromatic heterocycles. The van der Waals surface area contributed by atoms with E-state index in [2.05, 4.69) is 4.74 Å². The largest absolute Gasteiger partial charge is 0.618 e. The van der Waals surface area contributed by atoms with E-state index >= 15 is 0 Å². The maximum atomic E-state index is 12.8. The molecule has 2 aromatic carbocycles. The molecule has 9 heteroatoms. The predicted octanol–water partition coefficient (Wildman–Crippen LogP) is 5.86. The topological polar surface area (TPSA) is 81.8 Å². The second kappa shape index (κ2) is 9.79. The van der Waals surface area contributed by atoms with Gasteiger partial charge in [-0.1, -0.05) is 31.0 Å². The molecule has 4 rings (SSSR count). The number of hydrogen-bond acceptors (Lipinski definition) is 4. The Morgan fingerprint density at radius 1 is 1.15 bits per heavy atom. The molecule has 1 fully saturated rings. The summed E-state index contributed by atoms with van der Waals surface area (Å²) in [6, 6.07) is 11.4. The lowest BCUT2D eigenvalue weighted by atomic mass is 9.89. The summed E-state index contributed by atoms with van der Waals surface area (Å²) in [5, 5.41) is 20.9. The third kappa shape index (κ3) is 5.70. The number of carboxylic acid groups (broad SMARTS) is 1. The van der Waals surface area contributed by atoms with Gasteiger partial charge in [0.1, 0.15) is 18.1 Å². The van der Waals surface area contributed by atoms with Gasteiger partial charge in [0.15, 0.2) is 6.20 Å². The minimum atomic E-state index is -4.75. The standard InChI is InChI=1S/C25H24F3NO5/c26-25(27,28)34-23-10-5-16(13-21(23)17-3-1-2-4-17)15-33-19-8-6-18(7-9-19)20(14-24(30)31)22-11-12-29(22)32/h5-13,17,20H,1-4,14-15H2,(H,30,31)/t20-/m0/s1. The minimum Gasteiger partial charge on any atom is -0.618 e. The molecule has 1 saturated carbocycles. The molecule has 6 nitrogen and oxygen atoms in total. The maximum absolute atomic E-state index is 12.8. The van der Waals surface area contributed by atoms with Crippen LogP contribution in [0.2, 0.25) is 0 Å². The summed E-state index contributed by atoms with van der Waals surface area (Å²) < 4.78 is 49.2. The second-order valence-electron chi connectivity index (χ2n) is 8.48. The first kappa shape index (κ1) is 23.7. The van der Waals surface area contributed by atoms with E-state index in [4.69, 9.17) is 4.74 Å². The third-order valence-corrected chi connectivity index (χ3v) is 6.15. The Labute approximate surface area is 194 Å². The number of rotatable bonds is 9. The van der Waals surface area contributed by atoms with Crippen molar-refractivity contribution in [1.82, 2.24) is 0 Å². The Bertz CT molecular complexity index is 1100. The number of nitrogens with zero attached hydrogens (tertiary/aromatic N) is 1. The van der Waals surface area contributed by atoms with Gasteiger partial charge in [0, 0.05) is 0 Å². The van der Waals surface area contributed by atoms with Crippen LogP contribution in [0.5, 0.6) is 11.5 Å². The fourth-order valence-electron chi connectivity index (χ4n) is 4.48. The van der Waals surface area contributed by atoms with Crippen molar-refractivity contribution in [2.24, 2.45) is 0 Å². The summed E-state index contributed by atoms with van der Waals surface area (Å²) >= 11 is 0. The van der Waals surface area contributed by atoms with Crippen molar-refractivity contribution in [3.63, 3.8) is 0 Å². The molecule has 0 bridgehead atoms. The molecule has 0 spiro atoms. The van der Waals surface area contributed by atoms with Crippen LogP contribution in [-0.2, 0) is 11.4 Å². The molecule has 1 aliphatic heterocycles. The van der Waals surface area contributed by atoms with Gasteiger partial charge in [0.25, 0.3) is 0 Å². The quantitative estimate of drug-likeness (QED) is 0.363. The number of allylic oxidation sites excluding steroid dienone is 1. The van der Waals surface area contributed by atoms with Gasteiger partial charge in [0.05, 0.1) is 18.4 Å². The molecule has 0 unspecified atom stereocenters. The number of carboxylic acids is 1. The fourth-order valence-corrected chi connectivity index (χ4v) is 4.48. The second-order valence-corrected chi connectivity index (χ2v) is 8.48. The van der Waals surface area contributed by atoms with Crippen LogP contribution < -0.4 is 9.47 Å². The number of alkyl halides is 3. The van der Waals surface area contributed by atoms with E-state index in [-0.39, 0.29) is 24.7 Å². The number of hydrogen-bond donors (Lipinski definition) is 1. The van der Waals surface area contributed by atoms with E-state index in [9.17, 15) is 28.3 Å². The van der Waals surface area contributed by atoms with E-state index in [0.717, 1.165) is 31.2 Å². The Morgan fingerprint density at radius 2 is 1.85 bits per heavy atom. The number of benzene rings is 2. The summed E-state index contributed by atoms with van der Waals surface area (Å²) in [7, 11) is 0. The van der Waals surface area contributed by atoms with Crippen LogP contribution in [0.4, 0.5) is 13.2 Å². The molecule has 180 valence electrons. The smallest absolute Gasteiger partial charge is 0.573 e. The monoisotopic (exact) mass is 475 g/mol. The van der Waals surface area contributed by atoms with Crippen molar-refractivity contribution in [1.29, 1.82) is 0 Å². The third-order valence-electron chi connectivity index (χ3n) is 6.15. The Kier molecular flexibility index (Phi) is 6.81. The number of aliphatic carboxylic acids is 1. The molecule has 0 amide bonds. The first-order chi connectivity index (χ1) is 16.2. The highest BCUT2D eigenvalue weighted by Gasteiger charge is 2.34. The van der Waals surface area contributed by atoms with Crippen molar-refractivity contribution in [2.75, 3.05) is 0 Å². The van der Waals surface area contributed by atoms with Gasteiger partial charge in [-0.25, -0.2) is 0 Å². The maximum Gasteiger partial charge on any atom is 0.573 e. The highest BCUT2D eigenvalue weighted by molar-refractivity contribution is 6.00. The SMILES string of the molecule is O=C(O)C[C@H](C1=[N+]([O-])C=C1)c1ccc(OCc2ccc(OC(F)(F)F)c(C3CCCC3)c2)cc1. The first-order valence-electron chi connectivity index (χ1n) is 11.0. The summed E-state index contributed by atoms with van der Waals surface area (Å²) in [6.07, 6.45) is 1.57. The Hall–Kier alpha value is -3.49. The fraction of sp³-hybridized carbons (Fsp3) is 0.360. The molecular formula is C25H24F3NO5. The Morgan fingerprint density at radius 3 is 2.41 bits per heavy atom. The summed E-state index contributed by atoms with van der Waals surface area (Å²) in [5.74, 6) is -1.19. The highest BCUT2D eigenvalue weighted by atomic mass is 19.4. The van der Waals surface area contributed by atoms with E-state index < -0.39 is 18.2 Å². The van der Waals surface area contributed by atoms with Crippen LogP contribution in [0.15, 0.2) is 54.7 Å². The average molecular weight is 475 g/mol. The first-order valence-corrected chi connectivity index (χ1v) is 11.0. The van der Waals surface area contributed by atoms with Crippen molar-refractivity contribution in [2.45, 2.75) is 56.9 Å². The number of ether oxygens (including phenoxy) is 2. The summed E-state index contributed by atoms with van der Waals surface area (Å²) in [5.41, 5.74) is 2.33. The highest BCUT2D eigenvalue weighted by Crippen LogP contribution is 2.41. The minimum absolute atomic E-state index is 0.0291. The molecule has 1 N–H and O–H groups in total. The molecular weight excluding hydrogens is 451 g/mol. The van der Waals surface area contributed by atoms with Crippen LogP contribution in [-0.4, -0.2) is 27.9 Å². The van der Waals surface area contributed by atoms with Gasteiger partial charge in [0.2, 0.25) is 5.71 Å². The lowest BCUT2D eigenvalue weighted by molar-refractivity contribution is -0.391. The number of halogens is 3. The zero-order chi connectivity index (χ0) is 24.3. The van der Waals surface area contributed by atoms with Crippen LogP contribution in [0.3, 0.4) is 0 Å². The van der Waals surface area contributed by atoms with Gasteiger partial charge >= 0.3 is 12.3 Å². The van der Waals surface area contributed by atoms with Crippen LogP contribution >= 0.6 is 0 Å². The van der Waals surface area contributed by atoms with Gasteiger partial charge in [-0.15, -0.1) is 13.2 Å². The molecule has 34 heavy (non-hydrogen) atoms. The van der Waals surface area contributed by atoms with Crippen molar-refractivity contribution in [3.8, 4) is 11.5 Å². The lowest BCUT2D eigenvalue weighted by Crippen LogP contribution is -2.26. The van der Waals surface area contributed by atoms with Gasteiger partial charge in [-0.3, -0.25) is 4.79 Å². The molecule has 2 aliphatic rings. The van der Waals surface area contributed by atoms with E-state index in [1.54, 1.807) is 42.5 Å². The van der Waals surface area contributed by atoms with E-state index in [0.29, 0.717) is 27.3 Å². The van der Waals surface area contributed by atoms with E-state index in [1.807, 2.05) is 0 Å². The van der Waals surface area contributed by atoms with Crippen LogP contribution in [0.1, 0.15) is 60.6 Å². The Balaban J connectivity index is 1.46. The molecule has 2 aromatic rings.